The first-order valence-electron chi connectivity index (χ1n) is 10.3. The van der Waals surface area contributed by atoms with Gasteiger partial charge in [-0.25, -0.2) is 13.6 Å². The summed E-state index contributed by atoms with van der Waals surface area (Å²) in [5, 5.41) is 1.69. The molecule has 2 aliphatic heterocycles. The van der Waals surface area contributed by atoms with Crippen molar-refractivity contribution >= 4 is 23.5 Å². The minimum atomic E-state index is -4.33. The van der Waals surface area contributed by atoms with Gasteiger partial charge in [0.05, 0.1) is 12.6 Å². The van der Waals surface area contributed by atoms with Crippen LogP contribution < -0.4 is 11.1 Å². The van der Waals surface area contributed by atoms with Crippen molar-refractivity contribution in [1.29, 1.82) is 0 Å². The summed E-state index contributed by atoms with van der Waals surface area (Å²) in [6.45, 7) is 0.0951. The van der Waals surface area contributed by atoms with Crippen molar-refractivity contribution < 1.29 is 31.5 Å². The van der Waals surface area contributed by atoms with Crippen LogP contribution in [0.15, 0.2) is 12.1 Å². The summed E-state index contributed by atoms with van der Waals surface area (Å²) >= 11 is 5.75. The standard InChI is InChI=1S/C20H22ClF5N4O2/c21-14-12(22)2-1-11(15(14)23)16(30-9-13(17(27)31)28-18(30)32)10-3-7-29(8-4-10)19(5-6-19)20(24,25)26/h1-2,10,13,16H,3-9H2,(H2,27,31)(H,28,32)/t13?,16-/m1/s1. The number of rotatable bonds is 5. The third-order valence-electron chi connectivity index (χ3n) is 6.84. The fourth-order valence-electron chi connectivity index (χ4n) is 4.94. The molecule has 0 radical (unpaired) electrons. The summed E-state index contributed by atoms with van der Waals surface area (Å²) in [7, 11) is 0. The van der Waals surface area contributed by atoms with E-state index in [1.165, 1.54) is 15.9 Å². The Morgan fingerprint density at radius 3 is 2.34 bits per heavy atom. The molecule has 12 heteroatoms. The maximum absolute atomic E-state index is 15.0. The first kappa shape index (κ1) is 23.0. The lowest BCUT2D eigenvalue weighted by molar-refractivity contribution is -0.200. The molecule has 3 aliphatic rings. The third-order valence-corrected chi connectivity index (χ3v) is 7.19. The molecule has 1 unspecified atom stereocenters. The number of urea groups is 1. The number of nitrogens with one attached hydrogen (secondary N) is 1. The molecule has 2 heterocycles. The predicted octanol–water partition coefficient (Wildman–Crippen LogP) is 3.35. The van der Waals surface area contributed by atoms with Gasteiger partial charge in [-0.1, -0.05) is 17.7 Å². The van der Waals surface area contributed by atoms with Crippen LogP contribution in [0.3, 0.4) is 0 Å². The van der Waals surface area contributed by atoms with Crippen LogP contribution in [0.2, 0.25) is 5.02 Å². The van der Waals surface area contributed by atoms with E-state index >= 15 is 0 Å². The molecule has 32 heavy (non-hydrogen) atoms. The van der Waals surface area contributed by atoms with Gasteiger partial charge in [0.25, 0.3) is 0 Å². The number of piperidine rings is 1. The highest BCUT2D eigenvalue weighted by Gasteiger charge is 2.66. The quantitative estimate of drug-likeness (QED) is 0.501. The lowest BCUT2D eigenvalue weighted by atomic mass is 9.83. The molecule has 1 aromatic rings. The number of hydrogen-bond acceptors (Lipinski definition) is 3. The second-order valence-corrected chi connectivity index (χ2v) is 9.00. The molecule has 3 N–H and O–H groups in total. The number of benzene rings is 1. The summed E-state index contributed by atoms with van der Waals surface area (Å²) in [4.78, 5) is 26.8. The van der Waals surface area contributed by atoms with Gasteiger partial charge in [-0.3, -0.25) is 9.69 Å². The molecular formula is C20H22ClF5N4O2. The van der Waals surface area contributed by atoms with Gasteiger partial charge in [-0.15, -0.1) is 0 Å². The largest absolute Gasteiger partial charge is 0.406 e. The molecule has 1 aromatic carbocycles. The number of likely N-dealkylation sites (tertiary alicyclic amines) is 1. The van der Waals surface area contributed by atoms with E-state index in [9.17, 15) is 31.5 Å². The predicted molar refractivity (Wildman–Crippen MR) is 105 cm³/mol. The van der Waals surface area contributed by atoms with Crippen molar-refractivity contribution in [1.82, 2.24) is 15.1 Å². The monoisotopic (exact) mass is 480 g/mol. The Hall–Kier alpha value is -2.14. The molecule has 2 saturated heterocycles. The first-order chi connectivity index (χ1) is 15.0. The normalized spacial score (nSPS) is 25.0. The van der Waals surface area contributed by atoms with Gasteiger partial charge in [0, 0.05) is 5.56 Å². The van der Waals surface area contributed by atoms with Crippen molar-refractivity contribution in [2.45, 2.75) is 49.5 Å². The van der Waals surface area contributed by atoms with E-state index in [0.29, 0.717) is 0 Å². The lowest BCUT2D eigenvalue weighted by Gasteiger charge is -2.43. The lowest BCUT2D eigenvalue weighted by Crippen LogP contribution is -2.52. The van der Waals surface area contributed by atoms with Crippen molar-refractivity contribution in [3.63, 3.8) is 0 Å². The van der Waals surface area contributed by atoms with Crippen LogP contribution >= 0.6 is 11.6 Å². The van der Waals surface area contributed by atoms with Crippen LogP contribution in [0.1, 0.15) is 37.3 Å². The fourth-order valence-corrected chi connectivity index (χ4v) is 5.12. The zero-order valence-corrected chi connectivity index (χ0v) is 17.6. The number of amides is 3. The van der Waals surface area contributed by atoms with Gasteiger partial charge in [-0.2, -0.15) is 13.2 Å². The number of alkyl halides is 3. The van der Waals surface area contributed by atoms with E-state index in [2.05, 4.69) is 5.32 Å². The van der Waals surface area contributed by atoms with E-state index in [0.717, 1.165) is 6.07 Å². The van der Waals surface area contributed by atoms with Crippen LogP contribution in [0.5, 0.6) is 0 Å². The van der Waals surface area contributed by atoms with Gasteiger partial charge in [0.1, 0.15) is 28.2 Å². The number of carbonyl (C=O) groups is 2. The Kier molecular flexibility index (Phi) is 5.77. The summed E-state index contributed by atoms with van der Waals surface area (Å²) in [6, 6.07) is -0.443. The topological polar surface area (TPSA) is 78.7 Å². The van der Waals surface area contributed by atoms with Crippen LogP contribution in [-0.2, 0) is 4.79 Å². The molecular weight excluding hydrogens is 459 g/mol. The Bertz CT molecular complexity index is 931. The Morgan fingerprint density at radius 2 is 1.84 bits per heavy atom. The number of nitrogens with zero attached hydrogens (tertiary/aromatic N) is 2. The number of halogens is 6. The molecule has 1 saturated carbocycles. The molecule has 3 fully saturated rings. The zero-order chi connectivity index (χ0) is 23.4. The summed E-state index contributed by atoms with van der Waals surface area (Å²) in [6.07, 6.45) is -3.74. The highest BCUT2D eigenvalue weighted by Crippen LogP contribution is 2.55. The second-order valence-electron chi connectivity index (χ2n) is 8.62. The minimum Gasteiger partial charge on any atom is -0.368 e. The van der Waals surface area contributed by atoms with Crippen molar-refractivity contribution in [2.75, 3.05) is 19.6 Å². The molecule has 1 aliphatic carbocycles. The van der Waals surface area contributed by atoms with E-state index < -0.39 is 58.3 Å². The average Bonchev–Trinajstić information content (AvgIpc) is 3.47. The molecule has 0 aromatic heterocycles. The Balaban J connectivity index is 1.62. The SMILES string of the molecule is NC(=O)C1CN([C@@H](c2ccc(F)c(Cl)c2F)C2CCN(C3(C(F)(F)F)CC3)CC2)C(=O)N1. The maximum atomic E-state index is 15.0. The molecule has 6 nitrogen and oxygen atoms in total. The smallest absolute Gasteiger partial charge is 0.368 e. The maximum Gasteiger partial charge on any atom is 0.406 e. The second kappa shape index (κ2) is 8.02. The van der Waals surface area contributed by atoms with Crippen molar-refractivity contribution in [3.8, 4) is 0 Å². The van der Waals surface area contributed by atoms with E-state index in [1.54, 1.807) is 0 Å². The van der Waals surface area contributed by atoms with Crippen molar-refractivity contribution in [3.05, 3.63) is 34.4 Å². The molecule has 0 spiro atoms. The van der Waals surface area contributed by atoms with E-state index in [1.807, 2.05) is 0 Å². The van der Waals surface area contributed by atoms with Crippen LogP contribution in [0, 0.1) is 17.6 Å². The Morgan fingerprint density at radius 1 is 1.22 bits per heavy atom. The van der Waals surface area contributed by atoms with Gasteiger partial charge in [0.15, 0.2) is 0 Å². The van der Waals surface area contributed by atoms with Crippen LogP contribution in [-0.4, -0.2) is 59.1 Å². The summed E-state index contributed by atoms with van der Waals surface area (Å²) < 4.78 is 69.2. The number of nitrogens with two attached hydrogens (primary N) is 1. The molecule has 0 bridgehead atoms. The van der Waals surface area contributed by atoms with Crippen LogP contribution in [0.25, 0.3) is 0 Å². The third kappa shape index (κ3) is 3.79. The van der Waals surface area contributed by atoms with Gasteiger partial charge < -0.3 is 16.0 Å². The molecule has 4 rings (SSSR count). The average molecular weight is 481 g/mol. The van der Waals surface area contributed by atoms with E-state index in [4.69, 9.17) is 17.3 Å². The highest BCUT2D eigenvalue weighted by molar-refractivity contribution is 6.31. The Labute approximate surface area is 185 Å². The highest BCUT2D eigenvalue weighted by atomic mass is 35.5. The number of carbonyl (C=O) groups excluding carboxylic acids is 2. The molecule has 2 atom stereocenters. The zero-order valence-electron chi connectivity index (χ0n) is 16.9. The number of primary amides is 1. The van der Waals surface area contributed by atoms with E-state index in [-0.39, 0.29) is 50.9 Å². The number of hydrogen-bond donors (Lipinski definition) is 2. The molecule has 176 valence electrons. The van der Waals surface area contributed by atoms with Gasteiger partial charge in [0.2, 0.25) is 5.91 Å². The fraction of sp³-hybridized carbons (Fsp3) is 0.600. The summed E-state index contributed by atoms with van der Waals surface area (Å²) in [5.74, 6) is -3.21. The van der Waals surface area contributed by atoms with Crippen molar-refractivity contribution in [2.24, 2.45) is 11.7 Å². The van der Waals surface area contributed by atoms with Gasteiger partial charge in [-0.05, 0) is 50.8 Å². The van der Waals surface area contributed by atoms with Crippen LogP contribution in [0.4, 0.5) is 26.7 Å². The first-order valence-corrected chi connectivity index (χ1v) is 10.7. The molecule has 3 amide bonds. The van der Waals surface area contributed by atoms with Gasteiger partial charge >= 0.3 is 12.2 Å². The minimum absolute atomic E-state index is 0.0433. The summed E-state index contributed by atoms with van der Waals surface area (Å²) in [5.41, 5.74) is 3.43.